The number of nitro groups is 1. The second kappa shape index (κ2) is 5.40. The summed E-state index contributed by atoms with van der Waals surface area (Å²) in [4.78, 5) is 20.9. The minimum atomic E-state index is -0.882. The zero-order valence-electron chi connectivity index (χ0n) is 10.3. The number of benzene rings is 1. The second-order valence-electron chi connectivity index (χ2n) is 4.42. The molecule has 20 heavy (non-hydrogen) atoms. The van der Waals surface area contributed by atoms with Crippen molar-refractivity contribution >= 4 is 17.3 Å². The summed E-state index contributed by atoms with van der Waals surface area (Å²) < 4.78 is 0. The van der Waals surface area contributed by atoms with Crippen molar-refractivity contribution in [3.05, 3.63) is 46.0 Å². The normalized spacial score (nSPS) is 20.4. The molecule has 0 aromatic heterocycles. The third-order valence-electron chi connectivity index (χ3n) is 3.07. The van der Waals surface area contributed by atoms with Crippen molar-refractivity contribution in [2.24, 2.45) is 5.92 Å². The molecule has 7 heteroatoms. The molecule has 7 nitrogen and oxygen atoms in total. The van der Waals surface area contributed by atoms with Crippen LogP contribution in [-0.4, -0.2) is 22.0 Å². The predicted octanol–water partition coefficient (Wildman–Crippen LogP) is 1.91. The summed E-state index contributed by atoms with van der Waals surface area (Å²) in [6, 6.07) is 5.76. The number of nitro benzene ring substituents is 1. The molecule has 0 saturated carbocycles. The Morgan fingerprint density at radius 2 is 2.25 bits per heavy atom. The maximum Gasteiger partial charge on any atom is 0.310 e. The van der Waals surface area contributed by atoms with Crippen LogP contribution in [0.1, 0.15) is 12.0 Å². The van der Waals surface area contributed by atoms with Crippen molar-refractivity contribution in [1.29, 1.82) is 5.26 Å². The highest BCUT2D eigenvalue weighted by Crippen LogP contribution is 2.25. The molecule has 2 rings (SSSR count). The van der Waals surface area contributed by atoms with Gasteiger partial charge in [0, 0.05) is 17.8 Å². The molecular weight excluding hydrogens is 262 g/mol. The number of rotatable bonds is 4. The molecule has 2 N–H and O–H groups in total. The molecule has 102 valence electrons. The van der Waals surface area contributed by atoms with Gasteiger partial charge < -0.3 is 10.4 Å². The van der Waals surface area contributed by atoms with E-state index in [1.807, 2.05) is 0 Å². The monoisotopic (exact) mass is 273 g/mol. The molecule has 0 heterocycles. The number of anilines is 1. The summed E-state index contributed by atoms with van der Waals surface area (Å²) in [6.45, 7) is 0. The molecule has 0 bridgehead atoms. The third-order valence-corrected chi connectivity index (χ3v) is 3.07. The third kappa shape index (κ3) is 2.75. The highest BCUT2D eigenvalue weighted by molar-refractivity contribution is 5.73. The quantitative estimate of drug-likeness (QED) is 0.491. The van der Waals surface area contributed by atoms with Crippen LogP contribution < -0.4 is 5.32 Å². The summed E-state index contributed by atoms with van der Waals surface area (Å²) in [5, 5.41) is 31.5. The smallest absolute Gasteiger partial charge is 0.310 e. The van der Waals surface area contributed by atoms with E-state index < -0.39 is 16.8 Å². The van der Waals surface area contributed by atoms with Crippen LogP contribution in [0.25, 0.3) is 0 Å². The first kappa shape index (κ1) is 13.5. The van der Waals surface area contributed by atoms with Gasteiger partial charge in [0.05, 0.1) is 10.8 Å². The number of hydrogen-bond donors (Lipinski definition) is 2. The highest BCUT2D eigenvalue weighted by Gasteiger charge is 2.24. The van der Waals surface area contributed by atoms with Gasteiger partial charge in [0.25, 0.3) is 5.69 Å². The van der Waals surface area contributed by atoms with Crippen molar-refractivity contribution in [3.8, 4) is 6.07 Å². The van der Waals surface area contributed by atoms with Crippen molar-refractivity contribution in [2.45, 2.75) is 12.5 Å². The van der Waals surface area contributed by atoms with E-state index >= 15 is 0 Å². The zero-order chi connectivity index (χ0) is 14.7. The van der Waals surface area contributed by atoms with Gasteiger partial charge in [-0.05, 0) is 18.6 Å². The van der Waals surface area contributed by atoms with Crippen LogP contribution in [0.4, 0.5) is 11.4 Å². The van der Waals surface area contributed by atoms with Crippen molar-refractivity contribution < 1.29 is 14.8 Å². The Kier molecular flexibility index (Phi) is 3.66. The minimum Gasteiger partial charge on any atom is -0.481 e. The standard InChI is InChI=1S/C13H11N3O4/c14-7-9-6-11(3-4-12(9)16(19)20)15-10-2-1-8(5-10)13(17)18/h1-4,6,8,10,15H,5H2,(H,17,18). The Morgan fingerprint density at radius 1 is 1.50 bits per heavy atom. The average molecular weight is 273 g/mol. The first-order valence-electron chi connectivity index (χ1n) is 5.87. The number of nitrogens with zero attached hydrogens (tertiary/aromatic N) is 2. The summed E-state index contributed by atoms with van der Waals surface area (Å²) in [5.74, 6) is -1.41. The summed E-state index contributed by atoms with van der Waals surface area (Å²) in [7, 11) is 0. The summed E-state index contributed by atoms with van der Waals surface area (Å²) in [5.41, 5.74) is 0.271. The Bertz CT molecular complexity index is 633. The highest BCUT2D eigenvalue weighted by atomic mass is 16.6. The van der Waals surface area contributed by atoms with Gasteiger partial charge in [0.1, 0.15) is 11.6 Å². The number of carbonyl (C=O) groups is 1. The number of carboxylic acids is 1. The topological polar surface area (TPSA) is 116 Å². The van der Waals surface area contributed by atoms with Gasteiger partial charge in [-0.2, -0.15) is 5.26 Å². The van der Waals surface area contributed by atoms with E-state index in [2.05, 4.69) is 5.32 Å². The lowest BCUT2D eigenvalue weighted by Crippen LogP contribution is -2.18. The number of nitriles is 1. The van der Waals surface area contributed by atoms with Crippen molar-refractivity contribution in [2.75, 3.05) is 5.32 Å². The lowest BCUT2D eigenvalue weighted by Gasteiger charge is -2.13. The van der Waals surface area contributed by atoms with Crippen LogP contribution in [0.2, 0.25) is 0 Å². The largest absolute Gasteiger partial charge is 0.481 e. The molecular formula is C13H11N3O4. The fourth-order valence-corrected chi connectivity index (χ4v) is 2.08. The van der Waals surface area contributed by atoms with E-state index in [0.29, 0.717) is 12.1 Å². The Balaban J connectivity index is 2.12. The summed E-state index contributed by atoms with van der Waals surface area (Å²) >= 11 is 0. The SMILES string of the molecule is N#Cc1cc(NC2C=CC(C(=O)O)C2)ccc1[N+](=O)[O-]. The first-order valence-corrected chi connectivity index (χ1v) is 5.87. The minimum absolute atomic E-state index is 0.0308. The molecule has 2 unspecified atom stereocenters. The maximum absolute atomic E-state index is 10.8. The molecule has 0 amide bonds. The summed E-state index contributed by atoms with van der Waals surface area (Å²) in [6.07, 6.45) is 3.76. The zero-order valence-corrected chi connectivity index (χ0v) is 10.3. The number of carboxylic acid groups (broad SMARTS) is 1. The van der Waals surface area contributed by atoms with Gasteiger partial charge >= 0.3 is 5.97 Å². The number of nitrogens with one attached hydrogen (secondary N) is 1. The number of hydrogen-bond acceptors (Lipinski definition) is 5. The van der Waals surface area contributed by atoms with Gasteiger partial charge in [0.15, 0.2) is 0 Å². The van der Waals surface area contributed by atoms with Crippen LogP contribution in [0.3, 0.4) is 0 Å². The van der Waals surface area contributed by atoms with Crippen LogP contribution in [-0.2, 0) is 4.79 Å². The molecule has 1 aromatic carbocycles. The van der Waals surface area contributed by atoms with Gasteiger partial charge in [-0.25, -0.2) is 0 Å². The van der Waals surface area contributed by atoms with E-state index in [0.717, 1.165) is 0 Å². The lowest BCUT2D eigenvalue weighted by atomic mass is 10.1. The molecule has 0 spiro atoms. The molecule has 0 radical (unpaired) electrons. The van der Waals surface area contributed by atoms with Crippen LogP contribution >= 0.6 is 0 Å². The number of aliphatic carboxylic acids is 1. The van der Waals surface area contributed by atoms with Gasteiger partial charge in [-0.15, -0.1) is 0 Å². The van der Waals surface area contributed by atoms with Crippen LogP contribution in [0, 0.1) is 27.4 Å². The Morgan fingerprint density at radius 3 is 2.80 bits per heavy atom. The fourth-order valence-electron chi connectivity index (χ4n) is 2.08. The lowest BCUT2D eigenvalue weighted by molar-refractivity contribution is -0.385. The fraction of sp³-hybridized carbons (Fsp3) is 0.231. The van der Waals surface area contributed by atoms with Crippen molar-refractivity contribution in [1.82, 2.24) is 0 Å². The molecule has 2 atom stereocenters. The molecule has 0 fully saturated rings. The molecule has 1 aromatic rings. The predicted molar refractivity (Wildman–Crippen MR) is 70.1 cm³/mol. The maximum atomic E-state index is 10.8. The van der Waals surface area contributed by atoms with Crippen LogP contribution in [0.5, 0.6) is 0 Å². The van der Waals surface area contributed by atoms with Crippen LogP contribution in [0.15, 0.2) is 30.4 Å². The van der Waals surface area contributed by atoms with E-state index in [4.69, 9.17) is 10.4 Å². The second-order valence-corrected chi connectivity index (χ2v) is 4.42. The first-order chi connectivity index (χ1) is 9.51. The molecule has 1 aliphatic rings. The Hall–Kier alpha value is -2.88. The van der Waals surface area contributed by atoms with Crippen molar-refractivity contribution in [3.63, 3.8) is 0 Å². The van der Waals surface area contributed by atoms with E-state index in [9.17, 15) is 14.9 Å². The van der Waals surface area contributed by atoms with Gasteiger partial charge in [-0.1, -0.05) is 12.2 Å². The molecule has 0 saturated heterocycles. The van der Waals surface area contributed by atoms with E-state index in [1.54, 1.807) is 18.2 Å². The Labute approximate surface area is 114 Å². The van der Waals surface area contributed by atoms with Gasteiger partial charge in [-0.3, -0.25) is 14.9 Å². The molecule has 0 aliphatic heterocycles. The van der Waals surface area contributed by atoms with Gasteiger partial charge in [0.2, 0.25) is 0 Å². The van der Waals surface area contributed by atoms with E-state index in [1.165, 1.54) is 18.2 Å². The average Bonchev–Trinajstić information content (AvgIpc) is 2.87. The van der Waals surface area contributed by atoms with E-state index in [-0.39, 0.29) is 17.3 Å². The molecule has 1 aliphatic carbocycles.